The fourth-order valence-electron chi connectivity index (χ4n) is 9.21. The van der Waals surface area contributed by atoms with Crippen molar-refractivity contribution in [3.63, 3.8) is 0 Å². The van der Waals surface area contributed by atoms with Crippen molar-refractivity contribution in [1.82, 2.24) is 52.4 Å². The number of hydrogen-bond donors (Lipinski definition) is 15. The number of aliphatic hydroxyl groups is 4. The highest BCUT2D eigenvalue weighted by Gasteiger charge is 2.36. The maximum Gasteiger partial charge on any atom is 0.253 e. The second kappa shape index (κ2) is 35.4. The van der Waals surface area contributed by atoms with Crippen molar-refractivity contribution < 1.29 is 82.1 Å². The smallest absolute Gasteiger partial charge is 0.253 e. The molecule has 4 rings (SSSR count). The lowest BCUT2D eigenvalue weighted by atomic mass is 9.94. The van der Waals surface area contributed by atoms with E-state index in [9.17, 15) is 73.2 Å². The average Bonchev–Trinajstić information content (AvgIpc) is 4.03. The number of carbonyl (C=O) groups is 11. The first-order valence-electron chi connectivity index (χ1n) is 28.0. The lowest BCUT2D eigenvalue weighted by Gasteiger charge is -2.29. The number of hydrogen-bond acceptors (Lipinski definition) is 19. The largest absolute Gasteiger partial charge is 0.496 e. The van der Waals surface area contributed by atoms with E-state index in [0.717, 1.165) is 4.90 Å². The molecule has 1 unspecified atom stereocenters. The Balaban J connectivity index is 1.70. The molecule has 11 amide bonds. The summed E-state index contributed by atoms with van der Waals surface area (Å²) in [5.41, 5.74) is 12.1. The number of thioether (sulfide) groups is 1. The van der Waals surface area contributed by atoms with E-state index in [1.807, 2.05) is 0 Å². The first-order valence-corrected chi connectivity index (χ1v) is 30.5. The van der Waals surface area contributed by atoms with Crippen LogP contribution in [0.25, 0.3) is 10.9 Å². The third kappa shape index (κ3) is 21.8. The van der Waals surface area contributed by atoms with Gasteiger partial charge in [0.2, 0.25) is 53.2 Å². The minimum atomic E-state index is -2.39. The molecule has 0 aliphatic carbocycles. The molecule has 2 aromatic rings. The number of H-pyrrole nitrogens is 1. The van der Waals surface area contributed by atoms with Crippen LogP contribution < -0.4 is 58.7 Å². The first-order chi connectivity index (χ1) is 40.5. The Bertz CT molecular complexity index is 2750. The van der Waals surface area contributed by atoms with Gasteiger partial charge in [-0.15, -0.1) is 0 Å². The molecule has 0 radical (unpaired) electrons. The number of aromatic nitrogens is 1. The maximum absolute atomic E-state index is 15.1. The lowest BCUT2D eigenvalue weighted by molar-refractivity contribution is -0.137. The number of fused-ring (bicyclic) bond motifs is 3. The summed E-state index contributed by atoms with van der Waals surface area (Å²) in [5, 5.41) is 62.6. The summed E-state index contributed by atoms with van der Waals surface area (Å²) in [6.45, 7) is 2.06. The number of nitrogens with two attached hydrogens (primary N) is 2. The number of aliphatic hydroxyl groups excluding tert-OH is 4. The Morgan fingerprint density at radius 3 is 2.26 bits per heavy atom. The minimum absolute atomic E-state index is 0.0665. The zero-order valence-corrected chi connectivity index (χ0v) is 49.8. The summed E-state index contributed by atoms with van der Waals surface area (Å²) in [6, 6.07) is -4.26. The highest BCUT2D eigenvalue weighted by atomic mass is 32.2. The van der Waals surface area contributed by atoms with Crippen molar-refractivity contribution in [1.29, 1.82) is 0 Å². The third-order valence-electron chi connectivity index (χ3n) is 14.3. The SMILES string of the molecule is CC[C@H](C)[C@H](NC(=O)CN)C(=O)NCC(=O)N[C@H]1CS(=O)c2[nH]c3c(CSCCCCNC(=O)CCCCCN4C(=O)C=CC4=O)c(OC)ccc3c2C[C@@H](CO)NC(=O)[C@H]([C@@H](C)[C@@H](O)CO)NC(=O)C[C@@H](O)CNC(=O)[C@H](CC(N)=O)NC1=O. The number of β-amino-alcohol motifs (C(OH)–C–C–N with tert-alkyl or cyclic N) is 1. The van der Waals surface area contributed by atoms with Gasteiger partial charge in [-0.1, -0.05) is 33.6 Å². The first kappa shape index (κ1) is 70.5. The number of ether oxygens (including phenoxy) is 1. The molecule has 0 fully saturated rings. The van der Waals surface area contributed by atoms with Gasteiger partial charge in [-0.25, -0.2) is 0 Å². The van der Waals surface area contributed by atoms with E-state index in [2.05, 4.69) is 47.5 Å². The number of nitrogens with zero attached hydrogens (tertiary/aromatic N) is 1. The number of nitrogens with one attached hydrogen (secondary N) is 9. The quantitative estimate of drug-likeness (QED) is 0.0283. The third-order valence-corrected chi connectivity index (χ3v) is 16.8. The van der Waals surface area contributed by atoms with Crippen LogP contribution in [0.1, 0.15) is 89.7 Å². The maximum atomic E-state index is 15.1. The van der Waals surface area contributed by atoms with Crippen LogP contribution in [0.15, 0.2) is 29.3 Å². The second-order valence-corrected chi connectivity index (χ2v) is 23.3. The van der Waals surface area contributed by atoms with Crippen LogP contribution in [0.2, 0.25) is 0 Å². The summed E-state index contributed by atoms with van der Waals surface area (Å²) >= 11 is 1.51. The van der Waals surface area contributed by atoms with Crippen molar-refractivity contribution in [2.75, 3.05) is 64.6 Å². The average molecular weight is 1240 g/mol. The van der Waals surface area contributed by atoms with Gasteiger partial charge in [-0.3, -0.25) is 61.8 Å². The molecule has 0 bridgehead atoms. The van der Waals surface area contributed by atoms with Gasteiger partial charge in [-0.05, 0) is 61.5 Å². The van der Waals surface area contributed by atoms with Crippen molar-refractivity contribution in [3.05, 3.63) is 35.4 Å². The Labute approximate surface area is 498 Å². The molecule has 31 heteroatoms. The van der Waals surface area contributed by atoms with E-state index < -0.39 is 164 Å². The van der Waals surface area contributed by atoms with E-state index in [0.29, 0.717) is 78.8 Å². The molecule has 10 atom stereocenters. The van der Waals surface area contributed by atoms with Gasteiger partial charge in [0.25, 0.3) is 11.8 Å². The molecule has 85 heavy (non-hydrogen) atoms. The van der Waals surface area contributed by atoms with Crippen LogP contribution in [0.5, 0.6) is 5.75 Å². The summed E-state index contributed by atoms with van der Waals surface area (Å²) in [7, 11) is -0.951. The van der Waals surface area contributed by atoms with Gasteiger partial charge in [0.15, 0.2) is 0 Å². The van der Waals surface area contributed by atoms with Gasteiger partial charge >= 0.3 is 0 Å². The summed E-state index contributed by atoms with van der Waals surface area (Å²) in [5.74, 6) is -9.52. The number of unbranched alkanes of at least 4 members (excludes halogenated alkanes) is 3. The van der Waals surface area contributed by atoms with Gasteiger partial charge in [0.05, 0.1) is 86.6 Å². The van der Waals surface area contributed by atoms with Gasteiger partial charge in [0, 0.05) is 60.8 Å². The van der Waals surface area contributed by atoms with Crippen molar-refractivity contribution >= 4 is 98.4 Å². The van der Waals surface area contributed by atoms with Crippen LogP contribution >= 0.6 is 11.8 Å². The highest BCUT2D eigenvalue weighted by molar-refractivity contribution is 7.98. The zero-order valence-electron chi connectivity index (χ0n) is 48.2. The second-order valence-electron chi connectivity index (χ2n) is 20.7. The molecule has 0 saturated heterocycles. The fraction of sp³-hybridized carbons (Fsp3) is 0.611. The molecule has 17 N–H and O–H groups in total. The number of imide groups is 1. The van der Waals surface area contributed by atoms with Crippen LogP contribution in [0, 0.1) is 11.8 Å². The molecule has 2 aliphatic heterocycles. The van der Waals surface area contributed by atoms with E-state index in [1.54, 1.807) is 26.0 Å². The molecule has 2 aliphatic rings. The molecule has 1 aromatic heterocycles. The molecule has 29 nitrogen and oxygen atoms in total. The number of primary amides is 1. The standard InChI is InChI=1S/C54H82N12O17S2/c1-5-29(2)47(64-43(74)22-55)52(80)59-24-44(75)61-37-28-85(82)54-34(19-31(25-67)60-53(81)48(30(3)38(70)26-68)63-42(73)20-32(69)23-58-50(78)36(21-40(56)71)62-51(37)79)33-12-13-39(83-4)35(49(33)65-54)27-84-18-10-8-16-57-41(72)11-7-6-9-17-66-45(76)14-15-46(66)77/h12-15,29-32,36-38,47-48,65,67-70H,5-11,16-28,55H2,1-4H3,(H2,56,71)(H,57,72)(H,58,78)(H,59,80)(H,60,81)(H,61,75)(H,62,79)(H,63,73)(H,64,74)/t29-,30-,31-,32+,36-,37-,38-,47-,48-,85?/m0/s1. The monoisotopic (exact) mass is 1230 g/mol. The Hall–Kier alpha value is -7.03. The number of methoxy groups -OCH3 is 1. The zero-order chi connectivity index (χ0) is 62.9. The predicted molar refractivity (Wildman–Crippen MR) is 311 cm³/mol. The summed E-state index contributed by atoms with van der Waals surface area (Å²) in [6.07, 6.45) is 1.23. The van der Waals surface area contributed by atoms with Crippen molar-refractivity contribution in [2.24, 2.45) is 23.3 Å². The highest BCUT2D eigenvalue weighted by Crippen LogP contribution is 2.36. The Morgan fingerprint density at radius 1 is 0.894 bits per heavy atom. The Morgan fingerprint density at radius 2 is 1.61 bits per heavy atom. The number of carbonyl (C=O) groups excluding carboxylic acids is 11. The fourth-order valence-corrected chi connectivity index (χ4v) is 11.6. The van der Waals surface area contributed by atoms with Crippen molar-refractivity contribution in [2.45, 2.75) is 138 Å². The minimum Gasteiger partial charge on any atom is -0.496 e. The molecule has 0 saturated carbocycles. The molecule has 472 valence electrons. The molecule has 3 heterocycles. The van der Waals surface area contributed by atoms with Gasteiger partial charge < -0.3 is 84.1 Å². The van der Waals surface area contributed by atoms with Crippen LogP contribution in [-0.2, 0) is 75.7 Å². The number of aromatic amines is 1. The number of rotatable bonds is 28. The number of amides is 11. The van der Waals surface area contributed by atoms with Crippen LogP contribution in [-0.4, -0.2) is 206 Å². The van der Waals surface area contributed by atoms with E-state index in [1.165, 1.54) is 37.9 Å². The summed E-state index contributed by atoms with van der Waals surface area (Å²) < 4.78 is 20.9. The van der Waals surface area contributed by atoms with Gasteiger partial charge in [-0.2, -0.15) is 11.8 Å². The van der Waals surface area contributed by atoms with E-state index in [-0.39, 0.29) is 47.7 Å². The molecule has 0 spiro atoms. The Kier molecular flexibility index (Phi) is 29.4. The number of benzene rings is 1. The van der Waals surface area contributed by atoms with E-state index in [4.69, 9.17) is 16.2 Å². The van der Waals surface area contributed by atoms with Gasteiger partial charge in [0.1, 0.15) is 34.9 Å². The molecular weight excluding hydrogens is 1150 g/mol. The normalized spacial score (nSPS) is 21.5. The predicted octanol–water partition coefficient (Wildman–Crippen LogP) is -4.28. The van der Waals surface area contributed by atoms with Crippen molar-refractivity contribution in [3.8, 4) is 5.75 Å². The molecule has 1 aromatic carbocycles. The van der Waals surface area contributed by atoms with E-state index >= 15 is 4.21 Å². The summed E-state index contributed by atoms with van der Waals surface area (Å²) in [4.78, 5) is 148. The molecular formula is C54H82N12O17S2. The lowest BCUT2D eigenvalue weighted by Crippen LogP contribution is -2.58. The van der Waals surface area contributed by atoms with Crippen LogP contribution in [0.4, 0.5) is 0 Å². The van der Waals surface area contributed by atoms with Crippen LogP contribution in [0.3, 0.4) is 0 Å². The topological polar surface area (TPSA) is 462 Å².